The zero-order chi connectivity index (χ0) is 17.4. The van der Waals surface area contributed by atoms with E-state index in [0.29, 0.717) is 6.54 Å². The maximum Gasteiger partial charge on any atom is 0.258 e. The van der Waals surface area contributed by atoms with Crippen molar-refractivity contribution in [3.8, 4) is 5.75 Å². The molecule has 0 saturated heterocycles. The molecule has 1 amide bonds. The van der Waals surface area contributed by atoms with Crippen molar-refractivity contribution in [1.82, 2.24) is 5.32 Å². The van der Waals surface area contributed by atoms with Gasteiger partial charge in [0.1, 0.15) is 12.3 Å². The lowest BCUT2D eigenvalue weighted by Gasteiger charge is -2.13. The van der Waals surface area contributed by atoms with Gasteiger partial charge in [0.25, 0.3) is 5.91 Å². The van der Waals surface area contributed by atoms with Crippen molar-refractivity contribution < 1.29 is 14.4 Å². The Morgan fingerprint density at radius 2 is 1.71 bits per heavy atom. The van der Waals surface area contributed by atoms with Crippen molar-refractivity contribution >= 4 is 5.91 Å². The molecule has 0 bridgehead atoms. The normalized spacial score (nSPS) is 10.7. The Kier molecular flexibility index (Phi) is 6.82. The quantitative estimate of drug-likeness (QED) is 0.773. The standard InChI is InChI=1S/C20H26N2O2/c1-4-16-9-11-19(12-10-16)24-15-20(23)21-13-17-7-5-6-8-18(17)14-22(2)3/h5-12H,4,13-15H2,1-3H3,(H,21,23)/p+1. The topological polar surface area (TPSA) is 42.8 Å². The van der Waals surface area contributed by atoms with Crippen LogP contribution in [0.5, 0.6) is 5.75 Å². The lowest BCUT2D eigenvalue weighted by atomic mass is 10.1. The van der Waals surface area contributed by atoms with Gasteiger partial charge < -0.3 is 15.0 Å². The van der Waals surface area contributed by atoms with E-state index in [1.807, 2.05) is 36.4 Å². The van der Waals surface area contributed by atoms with Gasteiger partial charge in [-0.3, -0.25) is 4.79 Å². The van der Waals surface area contributed by atoms with Gasteiger partial charge in [0, 0.05) is 12.1 Å². The van der Waals surface area contributed by atoms with E-state index in [1.54, 1.807) is 0 Å². The average Bonchev–Trinajstić information content (AvgIpc) is 2.59. The molecule has 4 nitrogen and oxygen atoms in total. The molecule has 0 atom stereocenters. The van der Waals surface area contributed by atoms with Crippen LogP contribution in [0.25, 0.3) is 0 Å². The minimum atomic E-state index is -0.110. The van der Waals surface area contributed by atoms with Crippen LogP contribution in [-0.4, -0.2) is 26.6 Å². The fraction of sp³-hybridized carbons (Fsp3) is 0.350. The second-order valence-corrected chi connectivity index (χ2v) is 6.22. The van der Waals surface area contributed by atoms with Crippen LogP contribution in [0.15, 0.2) is 48.5 Å². The molecule has 0 saturated carbocycles. The minimum Gasteiger partial charge on any atom is -0.484 e. The Balaban J connectivity index is 1.82. The first-order chi connectivity index (χ1) is 11.6. The van der Waals surface area contributed by atoms with Gasteiger partial charge in [-0.05, 0) is 29.7 Å². The molecular formula is C20H27N2O2+. The molecule has 0 aromatic heterocycles. The lowest BCUT2D eigenvalue weighted by Crippen LogP contribution is -3.04. The summed E-state index contributed by atoms with van der Waals surface area (Å²) in [7, 11) is 4.24. The van der Waals surface area contributed by atoms with Crippen LogP contribution in [0.3, 0.4) is 0 Å². The number of aryl methyl sites for hydroxylation is 1. The largest absolute Gasteiger partial charge is 0.484 e. The van der Waals surface area contributed by atoms with E-state index in [1.165, 1.54) is 16.0 Å². The van der Waals surface area contributed by atoms with E-state index in [0.717, 1.165) is 24.3 Å². The predicted molar refractivity (Wildman–Crippen MR) is 96.1 cm³/mol. The Hall–Kier alpha value is -2.33. The van der Waals surface area contributed by atoms with Gasteiger partial charge in [0.15, 0.2) is 6.61 Å². The molecule has 2 rings (SSSR count). The van der Waals surface area contributed by atoms with Gasteiger partial charge in [0.05, 0.1) is 14.1 Å². The van der Waals surface area contributed by atoms with Crippen LogP contribution in [0, 0.1) is 0 Å². The zero-order valence-corrected chi connectivity index (χ0v) is 14.8. The number of ether oxygens (including phenoxy) is 1. The molecule has 0 radical (unpaired) electrons. The summed E-state index contributed by atoms with van der Waals surface area (Å²) < 4.78 is 5.53. The highest BCUT2D eigenvalue weighted by atomic mass is 16.5. The number of quaternary nitrogens is 1. The van der Waals surface area contributed by atoms with Gasteiger partial charge >= 0.3 is 0 Å². The average molecular weight is 327 g/mol. The van der Waals surface area contributed by atoms with E-state index in [4.69, 9.17) is 4.74 Å². The summed E-state index contributed by atoms with van der Waals surface area (Å²) in [5.74, 6) is 0.612. The summed E-state index contributed by atoms with van der Waals surface area (Å²) in [6, 6.07) is 16.1. The number of carbonyl (C=O) groups excluding carboxylic acids is 1. The summed E-state index contributed by atoms with van der Waals surface area (Å²) in [6.45, 7) is 3.61. The molecule has 0 fully saturated rings. The number of nitrogens with one attached hydrogen (secondary N) is 2. The molecule has 2 aromatic carbocycles. The van der Waals surface area contributed by atoms with Gasteiger partial charge in [-0.25, -0.2) is 0 Å². The number of carbonyl (C=O) groups is 1. The Bertz CT molecular complexity index is 651. The maximum absolute atomic E-state index is 12.0. The Morgan fingerprint density at radius 1 is 1.04 bits per heavy atom. The smallest absolute Gasteiger partial charge is 0.258 e. The van der Waals surface area contributed by atoms with Crippen molar-refractivity contribution in [3.63, 3.8) is 0 Å². The predicted octanol–water partition coefficient (Wildman–Crippen LogP) is 1.59. The van der Waals surface area contributed by atoms with Crippen LogP contribution in [-0.2, 0) is 24.3 Å². The number of benzene rings is 2. The molecule has 0 unspecified atom stereocenters. The highest BCUT2D eigenvalue weighted by molar-refractivity contribution is 5.77. The van der Waals surface area contributed by atoms with Crippen LogP contribution >= 0.6 is 0 Å². The molecule has 0 aliphatic carbocycles. The van der Waals surface area contributed by atoms with Gasteiger partial charge in [0.2, 0.25) is 0 Å². The van der Waals surface area contributed by atoms with E-state index in [2.05, 4.69) is 38.5 Å². The van der Waals surface area contributed by atoms with Gasteiger partial charge in [-0.1, -0.05) is 43.3 Å². The van der Waals surface area contributed by atoms with E-state index in [9.17, 15) is 4.79 Å². The fourth-order valence-corrected chi connectivity index (χ4v) is 2.50. The van der Waals surface area contributed by atoms with Crippen LogP contribution in [0.4, 0.5) is 0 Å². The summed E-state index contributed by atoms with van der Waals surface area (Å²) >= 11 is 0. The molecule has 0 aliphatic rings. The Morgan fingerprint density at radius 3 is 2.33 bits per heavy atom. The third-order valence-electron chi connectivity index (χ3n) is 3.84. The van der Waals surface area contributed by atoms with E-state index >= 15 is 0 Å². The third-order valence-corrected chi connectivity index (χ3v) is 3.84. The van der Waals surface area contributed by atoms with Crippen molar-refractivity contribution in [1.29, 1.82) is 0 Å². The molecular weight excluding hydrogens is 300 g/mol. The van der Waals surface area contributed by atoms with Crippen LogP contribution < -0.4 is 15.0 Å². The summed E-state index contributed by atoms with van der Waals surface area (Å²) in [5.41, 5.74) is 3.67. The highest BCUT2D eigenvalue weighted by Crippen LogP contribution is 2.12. The van der Waals surface area contributed by atoms with Crippen LogP contribution in [0.2, 0.25) is 0 Å². The maximum atomic E-state index is 12.0. The van der Waals surface area contributed by atoms with Crippen molar-refractivity contribution in [2.45, 2.75) is 26.4 Å². The summed E-state index contributed by atoms with van der Waals surface area (Å²) in [6.07, 6.45) is 0.995. The molecule has 2 N–H and O–H groups in total. The molecule has 0 heterocycles. The number of rotatable bonds is 8. The number of hydrogen-bond acceptors (Lipinski definition) is 2. The van der Waals surface area contributed by atoms with Crippen molar-refractivity contribution in [3.05, 3.63) is 65.2 Å². The molecule has 0 spiro atoms. The highest BCUT2D eigenvalue weighted by Gasteiger charge is 2.08. The third kappa shape index (κ3) is 5.70. The molecule has 4 heteroatoms. The van der Waals surface area contributed by atoms with Gasteiger partial charge in [-0.15, -0.1) is 0 Å². The summed E-state index contributed by atoms with van der Waals surface area (Å²) in [5, 5.41) is 2.93. The first kappa shape index (κ1) is 18.0. The number of amides is 1. The minimum absolute atomic E-state index is 0.0343. The monoisotopic (exact) mass is 327 g/mol. The van der Waals surface area contributed by atoms with E-state index in [-0.39, 0.29) is 12.5 Å². The summed E-state index contributed by atoms with van der Waals surface area (Å²) in [4.78, 5) is 13.4. The Labute approximate surface area is 144 Å². The SMILES string of the molecule is CCc1ccc(OCC(=O)NCc2ccccc2C[NH+](C)C)cc1. The molecule has 128 valence electrons. The first-order valence-corrected chi connectivity index (χ1v) is 8.42. The number of hydrogen-bond donors (Lipinski definition) is 2. The van der Waals surface area contributed by atoms with E-state index < -0.39 is 0 Å². The van der Waals surface area contributed by atoms with Crippen molar-refractivity contribution in [2.24, 2.45) is 0 Å². The van der Waals surface area contributed by atoms with Crippen LogP contribution in [0.1, 0.15) is 23.6 Å². The van der Waals surface area contributed by atoms with Gasteiger partial charge in [-0.2, -0.15) is 0 Å². The molecule has 2 aromatic rings. The molecule has 24 heavy (non-hydrogen) atoms. The second kappa shape index (κ2) is 9.08. The second-order valence-electron chi connectivity index (χ2n) is 6.22. The van der Waals surface area contributed by atoms with Crippen molar-refractivity contribution in [2.75, 3.05) is 20.7 Å². The first-order valence-electron chi connectivity index (χ1n) is 8.42. The lowest BCUT2D eigenvalue weighted by molar-refractivity contribution is -0.872. The fourth-order valence-electron chi connectivity index (χ4n) is 2.50. The molecule has 0 aliphatic heterocycles. The zero-order valence-electron chi connectivity index (χ0n) is 14.8.